The van der Waals surface area contributed by atoms with E-state index in [0.717, 1.165) is 24.3 Å². The minimum atomic E-state index is -0.930. The van der Waals surface area contributed by atoms with Crippen LogP contribution in [0.2, 0.25) is 0 Å². The molecule has 0 aliphatic carbocycles. The first-order chi connectivity index (χ1) is 22.4. The number of thioether (sulfide) groups is 1. The summed E-state index contributed by atoms with van der Waals surface area (Å²) in [7, 11) is 1.62. The summed E-state index contributed by atoms with van der Waals surface area (Å²) in [6, 6.07) is 14.9. The molecule has 2 rings (SSSR count). The van der Waals surface area contributed by atoms with Gasteiger partial charge in [-0.1, -0.05) is 76.8 Å². The zero-order valence-electron chi connectivity index (χ0n) is 28.2. The van der Waals surface area contributed by atoms with Crippen molar-refractivity contribution in [3.05, 3.63) is 54.1 Å². The first kappa shape index (κ1) is 38.8. The maximum Gasteiger partial charge on any atom is 0.263 e. The number of unbranched alkanes of at least 4 members (excludes halogenated alkanes) is 9. The van der Waals surface area contributed by atoms with Crippen molar-refractivity contribution < 1.29 is 23.9 Å². The number of hydrogen-bond acceptors (Lipinski definition) is 7. The Hall–Kier alpha value is -3.40. The molecule has 10 heteroatoms. The Balaban J connectivity index is 1.65. The third kappa shape index (κ3) is 17.9. The van der Waals surface area contributed by atoms with Crippen LogP contribution in [0.3, 0.4) is 0 Å². The molecule has 0 aromatic heterocycles. The number of hydrogen-bond donors (Lipinski definition) is 4. The van der Waals surface area contributed by atoms with Crippen molar-refractivity contribution in [3.8, 4) is 11.5 Å². The highest BCUT2D eigenvalue weighted by atomic mass is 32.2. The lowest BCUT2D eigenvalue weighted by Crippen LogP contribution is -2.52. The van der Waals surface area contributed by atoms with Crippen molar-refractivity contribution in [2.24, 2.45) is 0 Å². The summed E-state index contributed by atoms with van der Waals surface area (Å²) in [5.41, 5.74) is 1.73. The average molecular weight is 657 g/mol. The second-order valence-electron chi connectivity index (χ2n) is 11.5. The molecule has 0 heterocycles. The van der Waals surface area contributed by atoms with Gasteiger partial charge in [0.25, 0.3) is 5.91 Å². The molecule has 3 amide bonds. The van der Waals surface area contributed by atoms with Crippen LogP contribution in [-0.4, -0.2) is 62.7 Å². The Morgan fingerprint density at radius 1 is 0.739 bits per heavy atom. The summed E-state index contributed by atoms with van der Waals surface area (Å²) in [5.74, 6) is 1.21. The second kappa shape index (κ2) is 24.8. The number of amides is 3. The van der Waals surface area contributed by atoms with Gasteiger partial charge in [0, 0.05) is 25.2 Å². The maximum absolute atomic E-state index is 13.0. The topological polar surface area (TPSA) is 118 Å². The van der Waals surface area contributed by atoms with E-state index in [0.29, 0.717) is 43.9 Å². The second-order valence-corrected chi connectivity index (χ2v) is 12.3. The molecule has 1 unspecified atom stereocenters. The van der Waals surface area contributed by atoms with Gasteiger partial charge >= 0.3 is 0 Å². The van der Waals surface area contributed by atoms with Crippen LogP contribution in [0, 0.1) is 0 Å². The fourth-order valence-corrected chi connectivity index (χ4v) is 5.24. The molecule has 9 nitrogen and oxygen atoms in total. The number of anilines is 1. The van der Waals surface area contributed by atoms with E-state index in [2.05, 4.69) is 28.2 Å². The molecule has 0 aliphatic heterocycles. The van der Waals surface area contributed by atoms with Crippen molar-refractivity contribution in [2.75, 3.05) is 44.1 Å². The van der Waals surface area contributed by atoms with Gasteiger partial charge in [0.2, 0.25) is 11.8 Å². The van der Waals surface area contributed by atoms with E-state index in [4.69, 9.17) is 9.47 Å². The van der Waals surface area contributed by atoms with Gasteiger partial charge in [0.05, 0.1) is 19.5 Å². The number of rotatable bonds is 26. The smallest absolute Gasteiger partial charge is 0.263 e. The van der Waals surface area contributed by atoms with Gasteiger partial charge in [-0.15, -0.1) is 0 Å². The molecule has 4 N–H and O–H groups in total. The highest BCUT2D eigenvalue weighted by Crippen LogP contribution is 2.17. The number of carbonyl (C=O) groups is 3. The predicted octanol–water partition coefficient (Wildman–Crippen LogP) is 6.47. The fraction of sp³-hybridized carbons (Fsp3) is 0.583. The summed E-state index contributed by atoms with van der Waals surface area (Å²) in [6.07, 6.45) is 15.4. The van der Waals surface area contributed by atoms with Gasteiger partial charge in [0.1, 0.15) is 11.5 Å². The highest BCUT2D eigenvalue weighted by Gasteiger charge is 2.20. The van der Waals surface area contributed by atoms with Crippen LogP contribution in [0.25, 0.3) is 0 Å². The highest BCUT2D eigenvalue weighted by molar-refractivity contribution is 7.99. The predicted molar refractivity (Wildman–Crippen MR) is 190 cm³/mol. The van der Waals surface area contributed by atoms with Gasteiger partial charge in [-0.25, -0.2) is 0 Å². The summed E-state index contributed by atoms with van der Waals surface area (Å²) >= 11 is 1.39. The summed E-state index contributed by atoms with van der Waals surface area (Å²) in [6.45, 7) is 3.84. The number of nitrogens with one attached hydrogen (secondary N) is 4. The summed E-state index contributed by atoms with van der Waals surface area (Å²) in [4.78, 5) is 37.4. The van der Waals surface area contributed by atoms with Crippen molar-refractivity contribution in [3.63, 3.8) is 0 Å². The minimum absolute atomic E-state index is 0.0657. The van der Waals surface area contributed by atoms with E-state index >= 15 is 0 Å². The van der Waals surface area contributed by atoms with E-state index in [1.165, 1.54) is 69.5 Å². The zero-order chi connectivity index (χ0) is 33.2. The first-order valence-corrected chi connectivity index (χ1v) is 18.3. The van der Waals surface area contributed by atoms with Crippen molar-refractivity contribution in [1.82, 2.24) is 16.0 Å². The molecule has 0 aliphatic rings. The molecule has 0 radical (unpaired) electrons. The lowest BCUT2D eigenvalue weighted by Gasteiger charge is -2.21. The van der Waals surface area contributed by atoms with Crippen molar-refractivity contribution in [1.29, 1.82) is 0 Å². The Kier molecular flexibility index (Phi) is 20.9. The molecule has 0 spiro atoms. The molecule has 1 atom stereocenters. The Bertz CT molecular complexity index is 1110. The molecule has 0 fully saturated rings. The van der Waals surface area contributed by atoms with E-state index in [9.17, 15) is 14.4 Å². The molecule has 0 saturated heterocycles. The zero-order valence-corrected chi connectivity index (χ0v) is 29.0. The van der Waals surface area contributed by atoms with Crippen LogP contribution in [0.5, 0.6) is 11.5 Å². The lowest BCUT2D eigenvalue weighted by atomic mass is 10.1. The average Bonchev–Trinajstić information content (AvgIpc) is 3.06. The first-order valence-electron chi connectivity index (χ1n) is 16.9. The van der Waals surface area contributed by atoms with Gasteiger partial charge < -0.3 is 30.7 Å². The van der Waals surface area contributed by atoms with Gasteiger partial charge in [0.15, 0.2) is 6.17 Å². The van der Waals surface area contributed by atoms with Crippen LogP contribution < -0.4 is 30.7 Å². The van der Waals surface area contributed by atoms with Gasteiger partial charge in [-0.05, 0) is 67.5 Å². The number of ether oxygens (including phenoxy) is 2. The molecular formula is C36H56N4O5S. The standard InChI is InChI=1S/C36H56N4O5S/c1-4-5-6-7-8-9-10-11-12-13-25-37-33(41)15-14-27-45-32-22-18-30(19-23-32)39-35(40-34(42)28-46-3)36(43)38-26-24-29-16-20-31(44-2)21-17-29/h16-23,35,39H,4-15,24-28H2,1-3H3,(H,37,41)(H,38,43)(H,40,42). The Labute approximate surface area is 280 Å². The minimum Gasteiger partial charge on any atom is -0.497 e. The molecule has 2 aromatic rings. The third-order valence-electron chi connectivity index (χ3n) is 7.55. The SMILES string of the molecule is CCCCCCCCCCCCNC(=O)CCCOc1ccc(NC(NC(=O)CSC)C(=O)NCCc2ccc(OC)cc2)cc1. The van der Waals surface area contributed by atoms with Crippen LogP contribution in [0.1, 0.15) is 89.5 Å². The van der Waals surface area contributed by atoms with E-state index < -0.39 is 6.17 Å². The molecular weight excluding hydrogens is 600 g/mol. The van der Waals surface area contributed by atoms with Crippen LogP contribution in [0.4, 0.5) is 5.69 Å². The van der Waals surface area contributed by atoms with Crippen LogP contribution >= 0.6 is 11.8 Å². The van der Waals surface area contributed by atoms with Gasteiger partial charge in [-0.3, -0.25) is 14.4 Å². The fourth-order valence-electron chi connectivity index (χ4n) is 4.89. The van der Waals surface area contributed by atoms with Crippen LogP contribution in [0.15, 0.2) is 48.5 Å². The Morgan fingerprint density at radius 2 is 1.37 bits per heavy atom. The van der Waals surface area contributed by atoms with E-state index in [1.54, 1.807) is 31.4 Å². The Morgan fingerprint density at radius 3 is 2.00 bits per heavy atom. The number of benzene rings is 2. The summed E-state index contributed by atoms with van der Waals surface area (Å²) in [5, 5.41) is 11.8. The summed E-state index contributed by atoms with van der Waals surface area (Å²) < 4.78 is 11.0. The molecule has 0 saturated carbocycles. The molecule has 2 aromatic carbocycles. The largest absolute Gasteiger partial charge is 0.497 e. The lowest BCUT2D eigenvalue weighted by molar-refractivity contribution is -0.127. The van der Waals surface area contributed by atoms with E-state index in [1.807, 2.05) is 30.5 Å². The van der Waals surface area contributed by atoms with E-state index in [-0.39, 0.29) is 23.5 Å². The molecule has 0 bridgehead atoms. The number of carbonyl (C=O) groups excluding carboxylic acids is 3. The maximum atomic E-state index is 13.0. The molecule has 256 valence electrons. The monoisotopic (exact) mass is 656 g/mol. The normalized spacial score (nSPS) is 11.4. The third-order valence-corrected chi connectivity index (χ3v) is 8.10. The quantitative estimate of drug-likeness (QED) is 0.0678. The van der Waals surface area contributed by atoms with Crippen molar-refractivity contribution >= 4 is 35.2 Å². The van der Waals surface area contributed by atoms with Crippen LogP contribution in [-0.2, 0) is 20.8 Å². The molecule has 46 heavy (non-hydrogen) atoms. The van der Waals surface area contributed by atoms with Crippen molar-refractivity contribution in [2.45, 2.75) is 96.6 Å². The number of methoxy groups -OCH3 is 1. The van der Waals surface area contributed by atoms with Gasteiger partial charge in [-0.2, -0.15) is 11.8 Å².